The van der Waals surface area contributed by atoms with Crippen LogP contribution in [-0.4, -0.2) is 19.2 Å². The van der Waals surface area contributed by atoms with Gasteiger partial charge in [-0.15, -0.1) is 0 Å². The molecule has 3 heteroatoms. The van der Waals surface area contributed by atoms with Crippen LogP contribution in [0.1, 0.15) is 12.8 Å². The highest BCUT2D eigenvalue weighted by atomic mass is 31.1. The van der Waals surface area contributed by atoms with Gasteiger partial charge in [-0.3, -0.25) is 0 Å². The van der Waals surface area contributed by atoms with Gasteiger partial charge in [-0.1, -0.05) is 26.4 Å². The third-order valence-corrected chi connectivity index (χ3v) is 3.90. The van der Waals surface area contributed by atoms with Crippen LogP contribution in [0.4, 0.5) is 0 Å². The first-order chi connectivity index (χ1) is 7.83. The van der Waals surface area contributed by atoms with Crippen molar-refractivity contribution in [3.8, 4) is 0 Å². The molecule has 84 valence electrons. The lowest BCUT2D eigenvalue weighted by Gasteiger charge is -2.21. The largest absolute Gasteiger partial charge is 0.501 e. The van der Waals surface area contributed by atoms with Crippen molar-refractivity contribution in [3.63, 3.8) is 0 Å². The number of carbonyl (C=O) groups is 1. The first-order valence-electron chi connectivity index (χ1n) is 5.43. The molecule has 0 radical (unpaired) electrons. The third-order valence-electron chi connectivity index (χ3n) is 2.93. The lowest BCUT2D eigenvalue weighted by Crippen LogP contribution is -2.11. The summed E-state index contributed by atoms with van der Waals surface area (Å²) in [6.45, 7) is 0. The summed E-state index contributed by atoms with van der Waals surface area (Å²) in [5.41, 5.74) is 1.31. The van der Waals surface area contributed by atoms with Crippen LogP contribution in [0.2, 0.25) is 0 Å². The van der Waals surface area contributed by atoms with Gasteiger partial charge in [0.15, 0.2) is 0 Å². The molecule has 0 saturated heterocycles. The van der Waals surface area contributed by atoms with Gasteiger partial charge in [0.25, 0.3) is 0 Å². The fourth-order valence-corrected chi connectivity index (χ4v) is 2.87. The predicted octanol–water partition coefficient (Wildman–Crippen LogP) is 2.94. The smallest absolute Gasteiger partial charge is 0.127 e. The average molecular weight is 234 g/mol. The van der Waals surface area contributed by atoms with E-state index in [1.54, 1.807) is 7.11 Å². The lowest BCUT2D eigenvalue weighted by atomic mass is 9.89. The van der Waals surface area contributed by atoms with Crippen LogP contribution in [-0.2, 0) is 9.53 Å². The number of hydrogen-bond acceptors (Lipinski definition) is 2. The molecule has 2 aliphatic rings. The number of carbonyl (C=O) groups excluding carboxylic acids is 1. The van der Waals surface area contributed by atoms with Crippen LogP contribution >= 0.6 is 8.20 Å². The molecule has 1 heterocycles. The second-order valence-corrected chi connectivity index (χ2v) is 4.86. The standard InChI is InChI=1S/C13H15O2P/c1-15-13-6-12(8-16-9-13)11-4-2-10(7-14)3-5-11/h2,4-5,7-10,12H,3,6H2,1H3. The summed E-state index contributed by atoms with van der Waals surface area (Å²) < 4.78 is 5.28. The Morgan fingerprint density at radius 3 is 3.06 bits per heavy atom. The Morgan fingerprint density at radius 2 is 2.44 bits per heavy atom. The molecule has 0 N–H and O–H groups in total. The Balaban J connectivity index is 2.03. The average Bonchev–Trinajstić information content (AvgIpc) is 2.39. The Bertz CT molecular complexity index is 391. The lowest BCUT2D eigenvalue weighted by molar-refractivity contribution is -0.109. The van der Waals surface area contributed by atoms with E-state index in [0.29, 0.717) is 5.92 Å². The second kappa shape index (κ2) is 5.27. The molecule has 0 bridgehead atoms. The molecule has 0 saturated carbocycles. The van der Waals surface area contributed by atoms with Crippen LogP contribution < -0.4 is 0 Å². The summed E-state index contributed by atoms with van der Waals surface area (Å²) in [5.74, 6) is 5.94. The highest BCUT2D eigenvalue weighted by molar-refractivity contribution is 7.42. The Kier molecular flexibility index (Phi) is 3.74. The minimum Gasteiger partial charge on any atom is -0.501 e. The maximum absolute atomic E-state index is 10.6. The van der Waals surface area contributed by atoms with E-state index in [9.17, 15) is 4.79 Å². The predicted molar refractivity (Wildman–Crippen MR) is 67.6 cm³/mol. The number of hydrogen-bond donors (Lipinski definition) is 0. The monoisotopic (exact) mass is 234 g/mol. The zero-order chi connectivity index (χ0) is 11.4. The van der Waals surface area contributed by atoms with E-state index in [1.807, 2.05) is 6.08 Å². The molecule has 2 unspecified atom stereocenters. The molecule has 0 amide bonds. The van der Waals surface area contributed by atoms with Crippen molar-refractivity contribution in [2.45, 2.75) is 12.8 Å². The van der Waals surface area contributed by atoms with Gasteiger partial charge in [0, 0.05) is 24.1 Å². The van der Waals surface area contributed by atoms with Crippen LogP contribution in [0.25, 0.3) is 0 Å². The van der Waals surface area contributed by atoms with Gasteiger partial charge in [-0.25, -0.2) is 0 Å². The van der Waals surface area contributed by atoms with Crippen molar-refractivity contribution in [1.29, 1.82) is 0 Å². The second-order valence-electron chi connectivity index (χ2n) is 4.01. The molecule has 0 aromatic heterocycles. The molecule has 16 heavy (non-hydrogen) atoms. The molecular formula is C13H15O2P. The normalized spacial score (nSPS) is 29.3. The number of ether oxygens (including phenoxy) is 1. The first-order valence-corrected chi connectivity index (χ1v) is 6.46. The van der Waals surface area contributed by atoms with Gasteiger partial charge in [0.05, 0.1) is 7.11 Å². The highest BCUT2D eigenvalue weighted by Gasteiger charge is 2.17. The zero-order valence-electron chi connectivity index (χ0n) is 9.30. The van der Waals surface area contributed by atoms with E-state index in [2.05, 4.69) is 23.8 Å². The Hall–Kier alpha value is -1.14. The summed E-state index contributed by atoms with van der Waals surface area (Å²) in [6.07, 6.45) is 9.03. The molecular weight excluding hydrogens is 219 g/mol. The summed E-state index contributed by atoms with van der Waals surface area (Å²) in [5, 5.41) is 0. The quantitative estimate of drug-likeness (QED) is 0.554. The third kappa shape index (κ3) is 2.51. The van der Waals surface area contributed by atoms with E-state index in [4.69, 9.17) is 4.74 Å². The molecule has 0 fully saturated rings. The van der Waals surface area contributed by atoms with E-state index >= 15 is 0 Å². The van der Waals surface area contributed by atoms with Gasteiger partial charge >= 0.3 is 0 Å². The topological polar surface area (TPSA) is 26.3 Å². The first kappa shape index (κ1) is 11.3. The highest BCUT2D eigenvalue weighted by Crippen LogP contribution is 2.30. The molecule has 1 aliphatic heterocycles. The van der Waals surface area contributed by atoms with E-state index in [0.717, 1.165) is 24.9 Å². The minimum atomic E-state index is 0.0716. The summed E-state index contributed by atoms with van der Waals surface area (Å²) in [6, 6.07) is 0. The number of aldehydes is 1. The van der Waals surface area contributed by atoms with E-state index < -0.39 is 0 Å². The number of rotatable bonds is 3. The maximum atomic E-state index is 10.6. The molecule has 2 nitrogen and oxygen atoms in total. The maximum Gasteiger partial charge on any atom is 0.127 e. The molecule has 0 spiro atoms. The van der Waals surface area contributed by atoms with Crippen LogP contribution in [0, 0.1) is 11.8 Å². The summed E-state index contributed by atoms with van der Waals surface area (Å²) in [4.78, 5) is 10.6. The summed E-state index contributed by atoms with van der Waals surface area (Å²) in [7, 11) is 2.92. The Labute approximate surface area is 97.5 Å². The van der Waals surface area contributed by atoms with Gasteiger partial charge < -0.3 is 9.53 Å². The van der Waals surface area contributed by atoms with Crippen molar-refractivity contribution in [2.75, 3.05) is 7.11 Å². The van der Waals surface area contributed by atoms with Crippen molar-refractivity contribution in [2.24, 2.45) is 11.8 Å². The van der Waals surface area contributed by atoms with Gasteiger partial charge in [-0.05, 0) is 17.8 Å². The van der Waals surface area contributed by atoms with Crippen molar-refractivity contribution in [3.05, 3.63) is 35.4 Å². The van der Waals surface area contributed by atoms with E-state index in [1.165, 1.54) is 13.8 Å². The van der Waals surface area contributed by atoms with Gasteiger partial charge in [-0.2, -0.15) is 0 Å². The van der Waals surface area contributed by atoms with Gasteiger partial charge in [0.2, 0.25) is 0 Å². The van der Waals surface area contributed by atoms with E-state index in [-0.39, 0.29) is 5.92 Å². The van der Waals surface area contributed by atoms with Crippen LogP contribution in [0.3, 0.4) is 0 Å². The SMILES string of the molecule is COC1=CP=CC(C2=CCC(C=O)C=C2)C1. The summed E-state index contributed by atoms with van der Waals surface area (Å²) >= 11 is 0. The molecule has 0 aromatic rings. The van der Waals surface area contributed by atoms with Crippen LogP contribution in [0.5, 0.6) is 0 Å². The number of methoxy groups -OCH3 is 1. The van der Waals surface area contributed by atoms with Crippen molar-refractivity contribution >= 4 is 20.3 Å². The Morgan fingerprint density at radius 1 is 1.56 bits per heavy atom. The van der Waals surface area contributed by atoms with Crippen molar-refractivity contribution < 1.29 is 9.53 Å². The molecule has 0 aromatic carbocycles. The number of allylic oxidation sites excluding steroid dienone is 5. The van der Waals surface area contributed by atoms with Crippen molar-refractivity contribution in [1.82, 2.24) is 0 Å². The minimum absolute atomic E-state index is 0.0716. The van der Waals surface area contributed by atoms with Crippen LogP contribution in [0.15, 0.2) is 35.4 Å². The fourth-order valence-electron chi connectivity index (χ4n) is 1.92. The van der Waals surface area contributed by atoms with Gasteiger partial charge in [0.1, 0.15) is 12.0 Å². The molecule has 2 atom stereocenters. The zero-order valence-corrected chi connectivity index (χ0v) is 10.2. The fraction of sp³-hybridized carbons (Fsp3) is 0.385. The molecule has 1 aliphatic carbocycles. The molecule has 2 rings (SSSR count).